The first-order valence-electron chi connectivity index (χ1n) is 20.6. The number of rotatable bonds is 24. The molecule has 0 fully saturated rings. The molecule has 0 saturated heterocycles. The van der Waals surface area contributed by atoms with Gasteiger partial charge in [0.1, 0.15) is 0 Å². The van der Waals surface area contributed by atoms with Crippen LogP contribution < -0.4 is 0 Å². The van der Waals surface area contributed by atoms with Crippen molar-refractivity contribution in [2.75, 3.05) is 0 Å². The maximum atomic E-state index is 12.5. The van der Waals surface area contributed by atoms with E-state index in [0.29, 0.717) is 0 Å². The Morgan fingerprint density at radius 2 is 0.745 bits per heavy atom. The van der Waals surface area contributed by atoms with Gasteiger partial charge in [0.05, 0.1) is 0 Å². The summed E-state index contributed by atoms with van der Waals surface area (Å²) in [6.07, 6.45) is 26.1. The van der Waals surface area contributed by atoms with Crippen LogP contribution in [0.2, 0.25) is 0 Å². The summed E-state index contributed by atoms with van der Waals surface area (Å²) in [5, 5.41) is 0. The van der Waals surface area contributed by atoms with Crippen LogP contribution in [-0.2, 0) is 55.0 Å². The van der Waals surface area contributed by atoms with Gasteiger partial charge in [-0.15, -0.1) is 0 Å². The van der Waals surface area contributed by atoms with Crippen LogP contribution in [0.5, 0.6) is 0 Å². The molecule has 3 rings (SSSR count). The minimum atomic E-state index is 0. The van der Waals surface area contributed by atoms with Gasteiger partial charge < -0.3 is 20.4 Å². The van der Waals surface area contributed by atoms with Crippen molar-refractivity contribution in [2.45, 2.75) is 197 Å². The molecule has 0 aromatic heterocycles. The second kappa shape index (κ2) is 26.7. The maximum Gasteiger partial charge on any atom is 2.00 e. The molecule has 3 heteroatoms. The minimum absolute atomic E-state index is 0. The van der Waals surface area contributed by atoms with Crippen LogP contribution in [0.1, 0.15) is 203 Å². The maximum absolute atomic E-state index is 12.5. The summed E-state index contributed by atoms with van der Waals surface area (Å²) >= 11 is 0. The van der Waals surface area contributed by atoms with Gasteiger partial charge >= 0.3 is 16.5 Å². The number of nitrogens with zero attached hydrogens (tertiary/aromatic N) is 2. The van der Waals surface area contributed by atoms with Crippen LogP contribution in [0.15, 0.2) is 35.4 Å². The summed E-state index contributed by atoms with van der Waals surface area (Å²) in [7, 11) is 0. The van der Waals surface area contributed by atoms with Crippen LogP contribution in [0.4, 0.5) is 0 Å². The van der Waals surface area contributed by atoms with Crippen LogP contribution >= 0.6 is 0 Å². The largest absolute Gasteiger partial charge is 2.00 e. The Balaban J connectivity index is 0.00000833. The third-order valence-corrected chi connectivity index (χ3v) is 10.7. The van der Waals surface area contributed by atoms with Crippen molar-refractivity contribution >= 4 is 11.4 Å². The number of unbranched alkanes of at least 4 members (excludes halogenated alkanes) is 8. The van der Waals surface area contributed by atoms with E-state index >= 15 is 0 Å². The van der Waals surface area contributed by atoms with E-state index in [1.165, 1.54) is 147 Å². The molecular formula is C48H78N2Ni. The van der Waals surface area contributed by atoms with Gasteiger partial charge in [-0.05, 0) is 154 Å². The average molecular weight is 742 g/mol. The topological polar surface area (TPSA) is 25.3 Å². The second-order valence-corrected chi connectivity index (χ2v) is 14.7. The summed E-state index contributed by atoms with van der Waals surface area (Å²) in [5.41, 5.74) is 28.9. The van der Waals surface area contributed by atoms with Gasteiger partial charge in [-0.3, -0.25) is 0 Å². The molecule has 1 aliphatic heterocycles. The van der Waals surface area contributed by atoms with Gasteiger partial charge in [-0.1, -0.05) is 99.8 Å². The number of hydrogen-bond acceptors (Lipinski definition) is 0. The van der Waals surface area contributed by atoms with E-state index in [2.05, 4.69) is 79.7 Å². The van der Waals surface area contributed by atoms with Gasteiger partial charge in [-0.2, -0.15) is 0 Å². The molecule has 0 N–H and O–H groups in total. The number of aryl methyl sites for hydroxylation is 4. The first-order valence-corrected chi connectivity index (χ1v) is 20.6. The van der Waals surface area contributed by atoms with Gasteiger partial charge in [0.25, 0.3) is 0 Å². The Bertz CT molecular complexity index is 1320. The third kappa shape index (κ3) is 13.4. The molecule has 0 radical (unpaired) electrons. The zero-order chi connectivity index (χ0) is 34.9. The standard InChI is InChI=1S/C46H72N2.2CH3.Ni/c1-9-16-23-30-42-35(8)45(40-31-36(24-17-10-2)43(28-21-14-6)37(32-40)25-18-11-3)48(47)46(42)41-33-38(26-19-12-4)44(29-22-15-7)39(34-41)27-20-13-5;;;/h31-34H,9-30H2,1-8H3;2*1H3;/q;2*-1;+2. The fraction of sp³-hybridized carbons (Fsp3) is 0.625. The molecular weight excluding hydrogens is 663 g/mol. The van der Waals surface area contributed by atoms with Crippen molar-refractivity contribution < 1.29 is 21.2 Å². The summed E-state index contributed by atoms with van der Waals surface area (Å²) in [4.78, 5) is 0. The number of benzene rings is 2. The molecule has 290 valence electrons. The van der Waals surface area contributed by atoms with Gasteiger partial charge in [0.2, 0.25) is 11.4 Å². The van der Waals surface area contributed by atoms with E-state index in [0.717, 1.165) is 49.9 Å². The van der Waals surface area contributed by atoms with E-state index in [4.69, 9.17) is 0 Å². The molecule has 0 unspecified atom stereocenters. The molecule has 2 aromatic rings. The second-order valence-electron chi connectivity index (χ2n) is 14.7. The number of hydrogen-bond donors (Lipinski definition) is 0. The fourth-order valence-electron chi connectivity index (χ4n) is 7.79. The molecule has 0 saturated carbocycles. The SMILES string of the molecule is CCCCCC1=C(c2cc(CCCC)c(CCCC)c(CCCC)c2)[N+](=[N-])C(c2cc(CCCC)c(CCCC)c(CCCC)c2)=C1C.[CH3-].[CH3-].[Ni+2]. The molecule has 51 heavy (non-hydrogen) atoms. The van der Waals surface area contributed by atoms with Crippen LogP contribution in [0.3, 0.4) is 0 Å². The number of allylic oxidation sites excluding steroid dienone is 2. The van der Waals surface area contributed by atoms with E-state index < -0.39 is 0 Å². The third-order valence-electron chi connectivity index (χ3n) is 10.7. The molecule has 2 aromatic carbocycles. The Kier molecular flexibility index (Phi) is 25.7. The van der Waals surface area contributed by atoms with Gasteiger partial charge in [0.15, 0.2) is 0 Å². The zero-order valence-corrected chi connectivity index (χ0v) is 36.1. The summed E-state index contributed by atoms with van der Waals surface area (Å²) in [6, 6.07) is 9.91. The molecule has 0 atom stereocenters. The van der Waals surface area contributed by atoms with Crippen molar-refractivity contribution in [3.63, 3.8) is 0 Å². The minimum Gasteiger partial charge on any atom is -0.493 e. The molecule has 2 nitrogen and oxygen atoms in total. The van der Waals surface area contributed by atoms with Crippen molar-refractivity contribution in [1.82, 2.24) is 0 Å². The summed E-state index contributed by atoms with van der Waals surface area (Å²) < 4.78 is 1.64. The molecule has 0 bridgehead atoms. The summed E-state index contributed by atoms with van der Waals surface area (Å²) in [6.45, 7) is 18.4. The molecule has 0 amide bonds. The molecule has 0 aliphatic carbocycles. The normalized spacial score (nSPS) is 12.7. The van der Waals surface area contributed by atoms with Crippen molar-refractivity contribution in [3.05, 3.63) is 100 Å². The quantitative estimate of drug-likeness (QED) is 0.0443. The predicted octanol–water partition coefficient (Wildman–Crippen LogP) is 15.4. The summed E-state index contributed by atoms with van der Waals surface area (Å²) in [5.74, 6) is 0. The average Bonchev–Trinajstić information content (AvgIpc) is 3.34. The van der Waals surface area contributed by atoms with E-state index in [1.807, 2.05) is 0 Å². The van der Waals surface area contributed by atoms with E-state index in [1.54, 1.807) is 15.8 Å². The van der Waals surface area contributed by atoms with Crippen LogP contribution in [0, 0.1) is 14.9 Å². The molecule has 1 aliphatic rings. The van der Waals surface area contributed by atoms with Crippen molar-refractivity contribution in [2.24, 2.45) is 0 Å². The predicted molar refractivity (Wildman–Crippen MR) is 225 cm³/mol. The molecule has 0 spiro atoms. The van der Waals surface area contributed by atoms with Crippen LogP contribution in [-0.4, -0.2) is 4.70 Å². The smallest absolute Gasteiger partial charge is 0.493 e. The Hall–Kier alpha value is -1.99. The van der Waals surface area contributed by atoms with Gasteiger partial charge in [-0.25, -0.2) is 4.70 Å². The van der Waals surface area contributed by atoms with E-state index in [-0.39, 0.29) is 31.3 Å². The Morgan fingerprint density at radius 3 is 1.08 bits per heavy atom. The van der Waals surface area contributed by atoms with Crippen molar-refractivity contribution in [3.8, 4) is 0 Å². The monoisotopic (exact) mass is 741 g/mol. The fourth-order valence-corrected chi connectivity index (χ4v) is 7.79. The van der Waals surface area contributed by atoms with E-state index in [9.17, 15) is 5.53 Å². The Labute approximate surface area is 328 Å². The first-order chi connectivity index (χ1) is 23.4. The Morgan fingerprint density at radius 1 is 0.431 bits per heavy atom. The first kappa shape index (κ1) is 49.0. The molecule has 1 heterocycles. The van der Waals surface area contributed by atoms with Crippen molar-refractivity contribution in [1.29, 1.82) is 0 Å². The van der Waals surface area contributed by atoms with Crippen LogP contribution in [0.25, 0.3) is 16.9 Å². The van der Waals surface area contributed by atoms with Gasteiger partial charge in [0, 0.05) is 22.3 Å². The zero-order valence-electron chi connectivity index (χ0n) is 35.1.